The number of alkyl carbamates (subject to hydrolysis) is 1. The fraction of sp³-hybridized carbons (Fsp3) is 0.424. The molecule has 1 aliphatic carbocycles. The molecule has 2 atom stereocenters. The van der Waals surface area contributed by atoms with Crippen LogP contribution in [-0.2, 0) is 20.7 Å². The zero-order chi connectivity index (χ0) is 34.0. The van der Waals surface area contributed by atoms with Gasteiger partial charge in [0.15, 0.2) is 11.6 Å². The minimum atomic E-state index is -1.16. The lowest BCUT2D eigenvalue weighted by Gasteiger charge is -2.37. The zero-order valence-corrected chi connectivity index (χ0v) is 26.7. The number of benzene rings is 1. The number of nitrogens with one attached hydrogen (secondary N) is 2. The molecule has 1 aliphatic heterocycles. The van der Waals surface area contributed by atoms with Gasteiger partial charge in [0, 0.05) is 31.6 Å². The summed E-state index contributed by atoms with van der Waals surface area (Å²) in [5.74, 6) is -4.85. The molecule has 250 valence electrons. The van der Waals surface area contributed by atoms with Gasteiger partial charge in [-0.25, -0.2) is 22.9 Å². The number of hydrogen-bond acceptors (Lipinski definition) is 9. The van der Waals surface area contributed by atoms with Crippen LogP contribution in [0, 0.1) is 17.5 Å². The van der Waals surface area contributed by atoms with Gasteiger partial charge in [0.05, 0.1) is 35.9 Å². The highest BCUT2D eigenvalue weighted by molar-refractivity contribution is 6.05. The average Bonchev–Trinajstić information content (AvgIpc) is 3.39. The third-order valence-corrected chi connectivity index (χ3v) is 7.75. The van der Waals surface area contributed by atoms with Crippen LogP contribution in [0.2, 0.25) is 0 Å². The number of pyridine rings is 2. The Balaban J connectivity index is 1.48. The number of rotatable bonds is 7. The van der Waals surface area contributed by atoms with Crippen LogP contribution in [0.5, 0.6) is 5.75 Å². The number of halogens is 3. The van der Waals surface area contributed by atoms with Crippen LogP contribution in [-0.4, -0.2) is 59.8 Å². The molecule has 0 bridgehead atoms. The molecule has 3 aromatic rings. The molecule has 47 heavy (non-hydrogen) atoms. The van der Waals surface area contributed by atoms with Crippen molar-refractivity contribution in [3.8, 4) is 17.0 Å². The van der Waals surface area contributed by atoms with Crippen molar-refractivity contribution in [3.05, 3.63) is 64.9 Å². The molecule has 2 unspecified atom stereocenters. The van der Waals surface area contributed by atoms with Crippen molar-refractivity contribution in [2.45, 2.75) is 71.1 Å². The first kappa shape index (κ1) is 33.5. The van der Waals surface area contributed by atoms with E-state index in [-0.39, 0.29) is 17.5 Å². The second kappa shape index (κ2) is 13.5. The number of esters is 1. The van der Waals surface area contributed by atoms with E-state index in [1.165, 1.54) is 20.2 Å². The van der Waals surface area contributed by atoms with Gasteiger partial charge in [0.25, 0.3) is 5.91 Å². The van der Waals surface area contributed by atoms with Gasteiger partial charge in [0.1, 0.15) is 34.7 Å². The summed E-state index contributed by atoms with van der Waals surface area (Å²) in [4.78, 5) is 48.5. The molecule has 3 heterocycles. The molecule has 5 rings (SSSR count). The van der Waals surface area contributed by atoms with E-state index in [1.54, 1.807) is 20.8 Å². The van der Waals surface area contributed by atoms with Crippen molar-refractivity contribution in [1.82, 2.24) is 15.3 Å². The summed E-state index contributed by atoms with van der Waals surface area (Å²) in [5.41, 5.74) is -0.217. The van der Waals surface area contributed by atoms with E-state index in [4.69, 9.17) is 14.2 Å². The van der Waals surface area contributed by atoms with Crippen molar-refractivity contribution >= 4 is 29.3 Å². The van der Waals surface area contributed by atoms with Crippen LogP contribution in [0.25, 0.3) is 11.3 Å². The van der Waals surface area contributed by atoms with E-state index in [9.17, 15) is 23.2 Å². The fourth-order valence-corrected chi connectivity index (χ4v) is 5.87. The fourth-order valence-electron chi connectivity index (χ4n) is 5.87. The number of anilines is 2. The minimum absolute atomic E-state index is 0.273. The number of fused-ring (bicyclic) bond motifs is 1. The Hall–Kier alpha value is -4.88. The second-order valence-electron chi connectivity index (χ2n) is 12.4. The van der Waals surface area contributed by atoms with Crippen molar-refractivity contribution in [2.24, 2.45) is 0 Å². The highest BCUT2D eigenvalue weighted by Gasteiger charge is 2.34. The van der Waals surface area contributed by atoms with Crippen LogP contribution >= 0.6 is 0 Å². The van der Waals surface area contributed by atoms with E-state index >= 15 is 4.39 Å². The Morgan fingerprint density at radius 1 is 1.04 bits per heavy atom. The summed E-state index contributed by atoms with van der Waals surface area (Å²) in [5, 5.41) is 5.70. The molecule has 2 N–H and O–H groups in total. The first-order valence-corrected chi connectivity index (χ1v) is 15.2. The average molecular weight is 656 g/mol. The molecule has 2 aromatic heterocycles. The molecule has 2 amide bonds. The molecule has 14 heteroatoms. The van der Waals surface area contributed by atoms with Crippen molar-refractivity contribution in [3.63, 3.8) is 0 Å². The van der Waals surface area contributed by atoms with Gasteiger partial charge in [0.2, 0.25) is 0 Å². The molecule has 1 aromatic carbocycles. The van der Waals surface area contributed by atoms with Crippen molar-refractivity contribution < 1.29 is 41.8 Å². The normalized spacial score (nSPS) is 17.5. The Kier molecular flexibility index (Phi) is 9.59. The quantitative estimate of drug-likeness (QED) is 0.300. The summed E-state index contributed by atoms with van der Waals surface area (Å²) >= 11 is 0. The first-order chi connectivity index (χ1) is 22.3. The van der Waals surface area contributed by atoms with E-state index in [0.717, 1.165) is 29.8 Å². The summed E-state index contributed by atoms with van der Waals surface area (Å²) < 4.78 is 60.5. The second-order valence-corrected chi connectivity index (χ2v) is 12.4. The van der Waals surface area contributed by atoms with Gasteiger partial charge in [-0.2, -0.15) is 0 Å². The van der Waals surface area contributed by atoms with Crippen molar-refractivity contribution in [2.75, 3.05) is 30.4 Å². The number of carbonyl (C=O) groups is 3. The Bertz CT molecular complexity index is 1710. The number of aromatic nitrogens is 2. The Morgan fingerprint density at radius 3 is 2.49 bits per heavy atom. The van der Waals surface area contributed by atoms with Crippen LogP contribution in [0.4, 0.5) is 29.3 Å². The third kappa shape index (κ3) is 7.42. The lowest BCUT2D eigenvalue weighted by molar-refractivity contribution is -0.146. The molecule has 1 saturated heterocycles. The van der Waals surface area contributed by atoms with Gasteiger partial charge >= 0.3 is 12.1 Å². The Morgan fingerprint density at radius 2 is 1.79 bits per heavy atom. The maximum absolute atomic E-state index is 15.0. The molecule has 0 radical (unpaired) electrons. The highest BCUT2D eigenvalue weighted by atomic mass is 19.1. The highest BCUT2D eigenvalue weighted by Crippen LogP contribution is 2.43. The third-order valence-electron chi connectivity index (χ3n) is 7.75. The number of carbonyl (C=O) groups excluding carboxylic acids is 3. The molecular formula is C33H36F3N5O6. The number of ether oxygens (including phenoxy) is 3. The summed E-state index contributed by atoms with van der Waals surface area (Å²) in [6, 6.07) is 3.71. The summed E-state index contributed by atoms with van der Waals surface area (Å²) in [7, 11) is 1.18. The molecular weight excluding hydrogens is 619 g/mol. The minimum Gasteiger partial charge on any atom is -0.494 e. The predicted molar refractivity (Wildman–Crippen MR) is 166 cm³/mol. The van der Waals surface area contributed by atoms with E-state index < -0.39 is 58.4 Å². The van der Waals surface area contributed by atoms with E-state index in [2.05, 4.69) is 20.6 Å². The van der Waals surface area contributed by atoms with E-state index in [0.29, 0.717) is 55.8 Å². The topological polar surface area (TPSA) is 132 Å². The lowest BCUT2D eigenvalue weighted by atomic mass is 10.0. The van der Waals surface area contributed by atoms with Crippen molar-refractivity contribution in [1.29, 1.82) is 0 Å². The van der Waals surface area contributed by atoms with Gasteiger partial charge in [-0.05, 0) is 70.7 Å². The predicted octanol–water partition coefficient (Wildman–Crippen LogP) is 5.87. The zero-order valence-electron chi connectivity index (χ0n) is 26.7. The number of nitrogens with zero attached hydrogens (tertiary/aromatic N) is 3. The summed E-state index contributed by atoms with van der Waals surface area (Å²) in [6.45, 7) is 7.60. The van der Waals surface area contributed by atoms with Crippen LogP contribution in [0.1, 0.15) is 74.8 Å². The van der Waals surface area contributed by atoms with Crippen LogP contribution in [0.15, 0.2) is 30.5 Å². The lowest BCUT2D eigenvalue weighted by Crippen LogP contribution is -2.49. The maximum Gasteiger partial charge on any atom is 0.407 e. The van der Waals surface area contributed by atoms with Gasteiger partial charge in [-0.15, -0.1) is 0 Å². The van der Waals surface area contributed by atoms with Crippen LogP contribution < -0.4 is 20.3 Å². The molecule has 11 nitrogen and oxygen atoms in total. The SMILES string of the molecule is COc1ccc(F)c(-c2nc(C(=O)Nc3cnc4c(c3N3CCCC(NC(=O)OC(C)(C)C)C3)CCC4OC(C)=O)ccc2F)c1F. The standard InChI is InChI=1S/C33H36F3N5O6/c1-17(42)46-25-12-8-19-28(25)37-15-23(30(19)41-14-6-7-18(16-41)38-32(44)47-33(2,3)4)40-31(43)22-11-9-21(35)29(39-22)26-20(34)10-13-24(45-5)27(26)36/h9-11,13,15,18,25H,6-8,12,14,16H2,1-5H3,(H,38,44)(H,40,43). The summed E-state index contributed by atoms with van der Waals surface area (Å²) in [6.07, 6.45) is 2.70. The smallest absolute Gasteiger partial charge is 0.407 e. The molecule has 2 aliphatic rings. The first-order valence-electron chi connectivity index (χ1n) is 15.2. The molecule has 1 fully saturated rings. The van der Waals surface area contributed by atoms with E-state index in [1.807, 2.05) is 4.90 Å². The van der Waals surface area contributed by atoms with Gasteiger partial charge < -0.3 is 29.7 Å². The number of piperidine rings is 1. The van der Waals surface area contributed by atoms with Gasteiger partial charge in [-0.1, -0.05) is 0 Å². The van der Waals surface area contributed by atoms with Crippen LogP contribution in [0.3, 0.4) is 0 Å². The Labute approximate surface area is 269 Å². The molecule has 0 saturated carbocycles. The number of hydrogen-bond donors (Lipinski definition) is 2. The largest absolute Gasteiger partial charge is 0.494 e. The molecule has 0 spiro atoms. The van der Waals surface area contributed by atoms with Gasteiger partial charge in [-0.3, -0.25) is 14.6 Å². The number of methoxy groups -OCH3 is 1. The number of amides is 2. The monoisotopic (exact) mass is 655 g/mol. The maximum atomic E-state index is 15.0.